The average Bonchev–Trinajstić information content (AvgIpc) is 2.40. The molecule has 0 saturated carbocycles. The van der Waals surface area contributed by atoms with E-state index in [1.165, 1.54) is 18.4 Å². The van der Waals surface area contributed by atoms with E-state index in [2.05, 4.69) is 31.0 Å². The number of anilines is 1. The van der Waals surface area contributed by atoms with Gasteiger partial charge in [0.05, 0.1) is 0 Å². The van der Waals surface area contributed by atoms with Crippen molar-refractivity contribution in [3.8, 4) is 0 Å². The van der Waals surface area contributed by atoms with Gasteiger partial charge in [0.1, 0.15) is 0 Å². The van der Waals surface area contributed by atoms with Crippen LogP contribution in [0.5, 0.6) is 0 Å². The Morgan fingerprint density at radius 3 is 2.50 bits per heavy atom. The largest absolute Gasteiger partial charge is 0.399 e. The maximum absolute atomic E-state index is 5.72. The molecule has 100 valence electrons. The van der Waals surface area contributed by atoms with Crippen LogP contribution >= 0.6 is 0 Å². The number of hydrogen-bond donors (Lipinski definition) is 1. The van der Waals surface area contributed by atoms with E-state index in [1.54, 1.807) is 0 Å². The zero-order chi connectivity index (χ0) is 13.0. The standard InChI is InChI=1S/C15H24N2O/c1-12(14-3-5-15(16)6-4-14)17(2)11-13-7-9-18-10-8-13/h3-6,12-13H,7-11,16H2,1-2H3. The third-order valence-electron chi connectivity index (χ3n) is 3.97. The van der Waals surface area contributed by atoms with Gasteiger partial charge < -0.3 is 10.5 Å². The minimum absolute atomic E-state index is 0.438. The molecular formula is C15H24N2O. The van der Waals surface area contributed by atoms with Gasteiger partial charge in [-0.25, -0.2) is 0 Å². The molecule has 3 heteroatoms. The van der Waals surface area contributed by atoms with Gasteiger partial charge in [-0.15, -0.1) is 0 Å². The molecule has 0 aromatic heterocycles. The maximum Gasteiger partial charge on any atom is 0.0469 e. The van der Waals surface area contributed by atoms with Crippen LogP contribution in [0.15, 0.2) is 24.3 Å². The van der Waals surface area contributed by atoms with Crippen molar-refractivity contribution in [2.75, 3.05) is 32.5 Å². The Balaban J connectivity index is 1.91. The zero-order valence-electron chi connectivity index (χ0n) is 11.4. The summed E-state index contributed by atoms with van der Waals surface area (Å²) in [5, 5.41) is 0. The molecular weight excluding hydrogens is 224 g/mol. The molecule has 1 unspecified atom stereocenters. The van der Waals surface area contributed by atoms with Gasteiger partial charge in [0, 0.05) is 31.5 Å². The fourth-order valence-corrected chi connectivity index (χ4v) is 2.52. The van der Waals surface area contributed by atoms with Gasteiger partial charge in [-0.05, 0) is 50.4 Å². The summed E-state index contributed by atoms with van der Waals surface area (Å²) >= 11 is 0. The van der Waals surface area contributed by atoms with E-state index in [0.717, 1.165) is 31.4 Å². The maximum atomic E-state index is 5.72. The molecule has 0 bridgehead atoms. The second kappa shape index (κ2) is 6.21. The molecule has 1 saturated heterocycles. The molecule has 0 amide bonds. The van der Waals surface area contributed by atoms with Gasteiger partial charge in [0.15, 0.2) is 0 Å². The second-order valence-electron chi connectivity index (χ2n) is 5.34. The summed E-state index contributed by atoms with van der Waals surface area (Å²) in [6.07, 6.45) is 2.39. The average molecular weight is 248 g/mol. The number of nitrogen functional groups attached to an aromatic ring is 1. The number of rotatable bonds is 4. The van der Waals surface area contributed by atoms with Crippen molar-refractivity contribution in [2.45, 2.75) is 25.8 Å². The summed E-state index contributed by atoms with van der Waals surface area (Å²) in [6, 6.07) is 8.65. The predicted octanol–water partition coefficient (Wildman–Crippen LogP) is 2.69. The van der Waals surface area contributed by atoms with Gasteiger partial charge >= 0.3 is 0 Å². The lowest BCUT2D eigenvalue weighted by molar-refractivity contribution is 0.0513. The highest BCUT2D eigenvalue weighted by molar-refractivity contribution is 5.40. The number of nitrogens with two attached hydrogens (primary N) is 1. The Hall–Kier alpha value is -1.06. The lowest BCUT2D eigenvalue weighted by atomic mass is 9.98. The summed E-state index contributed by atoms with van der Waals surface area (Å²) in [6.45, 7) is 5.25. The van der Waals surface area contributed by atoms with Crippen LogP contribution in [0.2, 0.25) is 0 Å². The Labute approximate surface area is 110 Å². The Morgan fingerprint density at radius 1 is 1.28 bits per heavy atom. The summed E-state index contributed by atoms with van der Waals surface area (Å²) in [5.41, 5.74) is 7.89. The number of benzene rings is 1. The lowest BCUT2D eigenvalue weighted by Gasteiger charge is -2.31. The number of ether oxygens (including phenoxy) is 1. The van der Waals surface area contributed by atoms with Crippen LogP contribution in [0, 0.1) is 5.92 Å². The normalized spacial score (nSPS) is 19.1. The third kappa shape index (κ3) is 3.47. The van der Waals surface area contributed by atoms with Crippen LogP contribution in [-0.4, -0.2) is 31.7 Å². The van der Waals surface area contributed by atoms with Gasteiger partial charge in [-0.1, -0.05) is 12.1 Å². The molecule has 0 aliphatic carbocycles. The fraction of sp³-hybridized carbons (Fsp3) is 0.600. The molecule has 1 aliphatic heterocycles. The smallest absolute Gasteiger partial charge is 0.0469 e. The molecule has 2 rings (SSSR count). The van der Waals surface area contributed by atoms with Crippen LogP contribution in [0.1, 0.15) is 31.4 Å². The Bertz CT molecular complexity index is 357. The molecule has 3 nitrogen and oxygen atoms in total. The van der Waals surface area contributed by atoms with Gasteiger partial charge in [-0.2, -0.15) is 0 Å². The quantitative estimate of drug-likeness (QED) is 0.833. The van der Waals surface area contributed by atoms with E-state index in [9.17, 15) is 0 Å². The first-order valence-corrected chi connectivity index (χ1v) is 6.80. The van der Waals surface area contributed by atoms with E-state index in [0.29, 0.717) is 6.04 Å². The van der Waals surface area contributed by atoms with Crippen LogP contribution in [0.25, 0.3) is 0 Å². The van der Waals surface area contributed by atoms with Crippen LogP contribution in [0.3, 0.4) is 0 Å². The summed E-state index contributed by atoms with van der Waals surface area (Å²) < 4.78 is 5.41. The molecule has 0 spiro atoms. The zero-order valence-corrected chi connectivity index (χ0v) is 11.4. The van der Waals surface area contributed by atoms with E-state index in [4.69, 9.17) is 10.5 Å². The second-order valence-corrected chi connectivity index (χ2v) is 5.34. The lowest BCUT2D eigenvalue weighted by Crippen LogP contribution is -2.31. The molecule has 2 N–H and O–H groups in total. The van der Waals surface area contributed by atoms with Crippen molar-refractivity contribution in [3.63, 3.8) is 0 Å². The van der Waals surface area contributed by atoms with E-state index in [1.807, 2.05) is 12.1 Å². The number of nitrogens with zero attached hydrogens (tertiary/aromatic N) is 1. The molecule has 1 aromatic rings. The summed E-state index contributed by atoms with van der Waals surface area (Å²) in [4.78, 5) is 2.43. The SMILES string of the molecule is CC(c1ccc(N)cc1)N(C)CC1CCOCC1. The van der Waals surface area contributed by atoms with Crippen molar-refractivity contribution in [1.29, 1.82) is 0 Å². The van der Waals surface area contributed by atoms with Gasteiger partial charge in [-0.3, -0.25) is 4.90 Å². The van der Waals surface area contributed by atoms with E-state index < -0.39 is 0 Å². The van der Waals surface area contributed by atoms with E-state index >= 15 is 0 Å². The van der Waals surface area contributed by atoms with Crippen LogP contribution in [0.4, 0.5) is 5.69 Å². The third-order valence-corrected chi connectivity index (χ3v) is 3.97. The van der Waals surface area contributed by atoms with Crippen LogP contribution in [-0.2, 0) is 4.74 Å². The summed E-state index contributed by atoms with van der Waals surface area (Å²) in [7, 11) is 2.20. The minimum atomic E-state index is 0.438. The van der Waals surface area contributed by atoms with Crippen molar-refractivity contribution < 1.29 is 4.74 Å². The Morgan fingerprint density at radius 2 is 1.89 bits per heavy atom. The van der Waals surface area contributed by atoms with Crippen molar-refractivity contribution in [3.05, 3.63) is 29.8 Å². The van der Waals surface area contributed by atoms with Gasteiger partial charge in [0.2, 0.25) is 0 Å². The number of hydrogen-bond acceptors (Lipinski definition) is 3. The first-order chi connectivity index (χ1) is 8.66. The van der Waals surface area contributed by atoms with E-state index in [-0.39, 0.29) is 0 Å². The highest BCUT2D eigenvalue weighted by atomic mass is 16.5. The predicted molar refractivity (Wildman–Crippen MR) is 75.4 cm³/mol. The molecule has 1 heterocycles. The highest BCUT2D eigenvalue weighted by Gasteiger charge is 2.19. The molecule has 1 fully saturated rings. The van der Waals surface area contributed by atoms with Crippen molar-refractivity contribution >= 4 is 5.69 Å². The first-order valence-electron chi connectivity index (χ1n) is 6.80. The topological polar surface area (TPSA) is 38.5 Å². The highest BCUT2D eigenvalue weighted by Crippen LogP contribution is 2.23. The molecule has 1 aliphatic rings. The van der Waals surface area contributed by atoms with Gasteiger partial charge in [0.25, 0.3) is 0 Å². The molecule has 1 atom stereocenters. The summed E-state index contributed by atoms with van der Waals surface area (Å²) in [5.74, 6) is 0.778. The minimum Gasteiger partial charge on any atom is -0.399 e. The van der Waals surface area contributed by atoms with Crippen molar-refractivity contribution in [1.82, 2.24) is 4.90 Å². The van der Waals surface area contributed by atoms with Crippen molar-refractivity contribution in [2.24, 2.45) is 5.92 Å². The monoisotopic (exact) mass is 248 g/mol. The molecule has 0 radical (unpaired) electrons. The Kier molecular flexibility index (Phi) is 4.61. The fourth-order valence-electron chi connectivity index (χ4n) is 2.52. The molecule has 18 heavy (non-hydrogen) atoms. The first kappa shape index (κ1) is 13.4. The molecule has 1 aromatic carbocycles. The van der Waals surface area contributed by atoms with Crippen LogP contribution < -0.4 is 5.73 Å².